The van der Waals surface area contributed by atoms with Crippen LogP contribution in [0.15, 0.2) is 329 Å². The van der Waals surface area contributed by atoms with Crippen molar-refractivity contribution in [3.05, 3.63) is 406 Å². The number of aromatic nitrogens is 16. The SMILES string of the molecule is Cn1ccc(-c2cnc3ccc(-c4cccnc4-c4ccc(F)c(Cl)c4)cn23)n1.Fc1ccc(-c2ncccc2-c2ccc3ncc(-c4ccn[nH]4)n3c2)cc1Cl.N=Cn1ccc(-c2cccnc2-c2cc(Cl)ccc2F)cc1=N.NC(=O)c1ccnc2ccc(-c3cccnc3-c3cc(Cl)c(F)cc3F)cc12.NC(=O)c1ccnc2ccc(-c3cccnc3-c3cc(Cl)ccc3F)cc12. The van der Waals surface area contributed by atoms with E-state index in [9.17, 15) is 35.9 Å². The molecule has 33 heteroatoms. The second-order valence-electron chi connectivity index (χ2n) is 29.9. The average molecular weight is 1890 g/mol. The fraction of sp³-hybridized carbons (Fsp3) is 0.00980. The zero-order valence-electron chi connectivity index (χ0n) is 70.1. The van der Waals surface area contributed by atoms with E-state index < -0.39 is 46.7 Å². The molecule has 14 aromatic heterocycles. The molecule has 0 radical (unpaired) electrons. The number of carbonyl (C=O) groups excluding carboxylic acids is 2. The number of carbonyl (C=O) groups is 2. The van der Waals surface area contributed by atoms with Crippen molar-refractivity contribution < 1.29 is 35.9 Å². The third kappa shape index (κ3) is 19.5. The Morgan fingerprint density at radius 2 is 0.793 bits per heavy atom. The Bertz CT molecular complexity index is 8240. The highest BCUT2D eigenvalue weighted by Crippen LogP contribution is 2.41. The highest BCUT2D eigenvalue weighted by molar-refractivity contribution is 6.32. The number of pyridine rings is 10. The number of halogens is 11. The van der Waals surface area contributed by atoms with E-state index in [-0.39, 0.29) is 26.1 Å². The fourth-order valence-corrected chi connectivity index (χ4v) is 16.0. The van der Waals surface area contributed by atoms with E-state index >= 15 is 0 Å². The molecule has 0 bridgehead atoms. The molecule has 22 nitrogen and oxygen atoms in total. The smallest absolute Gasteiger partial charge is 0.249 e. The summed E-state index contributed by atoms with van der Waals surface area (Å²) in [5.74, 6) is -4.46. The second kappa shape index (κ2) is 39.7. The molecular formula is C102H65Cl5F6N20O2. The van der Waals surface area contributed by atoms with Crippen molar-refractivity contribution >= 4 is 109 Å². The van der Waals surface area contributed by atoms with Gasteiger partial charge in [0.1, 0.15) is 57.4 Å². The Labute approximate surface area is 788 Å². The Hall–Kier alpha value is -16.5. The van der Waals surface area contributed by atoms with Crippen LogP contribution in [0.4, 0.5) is 26.3 Å². The molecule has 0 aliphatic heterocycles. The van der Waals surface area contributed by atoms with Crippen molar-refractivity contribution in [2.75, 3.05) is 0 Å². The summed E-state index contributed by atoms with van der Waals surface area (Å²) in [7, 11) is 1.88. The zero-order valence-corrected chi connectivity index (χ0v) is 73.9. The topological polar surface area (TPSA) is 310 Å². The maximum Gasteiger partial charge on any atom is 0.249 e. The number of primary amides is 2. The number of benzene rings is 7. The first kappa shape index (κ1) is 90.4. The van der Waals surface area contributed by atoms with Gasteiger partial charge in [0.15, 0.2) is 0 Å². The van der Waals surface area contributed by atoms with Crippen molar-refractivity contribution in [1.82, 2.24) is 78.2 Å². The maximum absolute atomic E-state index is 14.4. The van der Waals surface area contributed by atoms with Gasteiger partial charge in [-0.1, -0.05) is 100 Å². The van der Waals surface area contributed by atoms with Gasteiger partial charge in [-0.2, -0.15) is 10.2 Å². The standard InChI is InChI=1S/C22H15ClFN5.C21H12ClF2N3O.C21H13ClFN5.C21H13ClFN3O.C17H12ClFN4/c1-28-10-8-19(27-28)20-12-26-21-7-5-15(13-29(20)21)16-3-2-9-25-22(16)14-4-6-18(24)17(23)11-14;22-16-9-15(17(23)10-18(16)24)20-12(2-1-6-27-20)11-3-4-19-14(8-11)13(21(25)28)5-7-26-19;22-16-10-13(3-5-17(16)23)21-15(2-1-8-24-21)14-4-6-20-25-11-19(28(20)12-14)18-7-9-26-27-18;22-13-4-5-18(23)17(11-13)20-14(2-1-8-26-20)12-3-6-19-16(10-12)15(21(24)27)7-9-25-19;18-12-3-4-15(19)14(9-12)17-13(2-1-6-22-17)11-5-7-23(10-20)16(21)8-11/h2-13H,1H3;1-10H,(H2,25,28);1-12H,(H,26,27);1-11H,(H2,24,27);1-10,20-21H. The number of nitrogens with one attached hydrogen (secondary N) is 3. The van der Waals surface area contributed by atoms with Gasteiger partial charge in [0.2, 0.25) is 11.8 Å². The van der Waals surface area contributed by atoms with Gasteiger partial charge in [0.25, 0.3) is 0 Å². The van der Waals surface area contributed by atoms with Gasteiger partial charge in [-0.25, -0.2) is 36.3 Å². The van der Waals surface area contributed by atoms with E-state index in [0.717, 1.165) is 102 Å². The summed E-state index contributed by atoms with van der Waals surface area (Å²) in [6, 6.07) is 67.1. The molecule has 7 N–H and O–H groups in total. The number of hydrogen-bond donors (Lipinski definition) is 5. The molecule has 0 spiro atoms. The minimum absolute atomic E-state index is 0.0701. The van der Waals surface area contributed by atoms with Crippen LogP contribution in [0.1, 0.15) is 20.7 Å². The first-order chi connectivity index (χ1) is 65.4. The van der Waals surface area contributed by atoms with Crippen molar-refractivity contribution in [3.8, 4) is 135 Å². The fourth-order valence-electron chi connectivity index (χ4n) is 15.1. The first-order valence-corrected chi connectivity index (χ1v) is 42.6. The highest BCUT2D eigenvalue weighted by atomic mass is 35.5. The number of aromatic amines is 1. The van der Waals surface area contributed by atoms with Crippen LogP contribution in [0.25, 0.3) is 168 Å². The van der Waals surface area contributed by atoms with Gasteiger partial charge in [0, 0.05) is 175 Å². The number of aryl methyl sites for hydroxylation is 1. The lowest BCUT2D eigenvalue weighted by molar-refractivity contribution is 0.0993. The average Bonchev–Trinajstić information content (AvgIpc) is 1.59. The predicted octanol–water partition coefficient (Wildman–Crippen LogP) is 24.3. The minimum atomic E-state index is -0.844. The molecule has 0 fully saturated rings. The summed E-state index contributed by atoms with van der Waals surface area (Å²) < 4.78 is 90.9. The summed E-state index contributed by atoms with van der Waals surface area (Å²) in [6.07, 6.45) is 25.0. The van der Waals surface area contributed by atoms with Crippen LogP contribution >= 0.6 is 58.0 Å². The number of fused-ring (bicyclic) bond motifs is 4. The number of hydrogen-bond acceptors (Lipinski definition) is 15. The quantitative estimate of drug-likeness (QED) is 0.0276. The van der Waals surface area contributed by atoms with E-state index in [4.69, 9.17) is 80.3 Å². The second-order valence-corrected chi connectivity index (χ2v) is 32.0. The summed E-state index contributed by atoms with van der Waals surface area (Å²) in [5.41, 5.74) is 31.0. The normalized spacial score (nSPS) is 11.0. The van der Waals surface area contributed by atoms with E-state index in [2.05, 4.69) is 60.2 Å². The van der Waals surface area contributed by atoms with Crippen molar-refractivity contribution in [2.45, 2.75) is 0 Å². The van der Waals surface area contributed by atoms with Crippen LogP contribution in [0.3, 0.4) is 0 Å². The zero-order chi connectivity index (χ0) is 94.2. The third-order valence-corrected chi connectivity index (χ3v) is 22.9. The van der Waals surface area contributed by atoms with Crippen molar-refractivity contribution in [3.63, 3.8) is 0 Å². The van der Waals surface area contributed by atoms with Crippen LogP contribution < -0.4 is 17.0 Å². The van der Waals surface area contributed by atoms with Crippen molar-refractivity contribution in [2.24, 2.45) is 18.5 Å². The maximum atomic E-state index is 14.4. The van der Waals surface area contributed by atoms with Gasteiger partial charge in [-0.3, -0.25) is 78.4 Å². The van der Waals surface area contributed by atoms with Gasteiger partial charge in [-0.15, -0.1) is 0 Å². The molecule has 21 rings (SSSR count). The van der Waals surface area contributed by atoms with Crippen LogP contribution in [0.2, 0.25) is 25.1 Å². The highest BCUT2D eigenvalue weighted by Gasteiger charge is 2.23. The summed E-state index contributed by atoms with van der Waals surface area (Å²) in [6.45, 7) is 0. The Kier molecular flexibility index (Phi) is 26.6. The molecule has 0 aliphatic rings. The van der Waals surface area contributed by atoms with Crippen molar-refractivity contribution in [1.29, 1.82) is 10.8 Å². The number of nitrogens with two attached hydrogens (primary N) is 2. The minimum Gasteiger partial charge on any atom is -0.366 e. The summed E-state index contributed by atoms with van der Waals surface area (Å²) in [5, 5.41) is 28.6. The number of nitrogens with zero attached hydrogens (tertiary/aromatic N) is 15. The summed E-state index contributed by atoms with van der Waals surface area (Å²) >= 11 is 29.8. The van der Waals surface area contributed by atoms with Gasteiger partial charge < -0.3 is 11.5 Å². The monoisotopic (exact) mass is 1890 g/mol. The largest absolute Gasteiger partial charge is 0.366 e. The molecular weight excluding hydrogens is 1830 g/mol. The van der Waals surface area contributed by atoms with Crippen LogP contribution in [-0.4, -0.2) is 96.4 Å². The van der Waals surface area contributed by atoms with Crippen LogP contribution in [0, 0.1) is 45.7 Å². The molecule has 21 aromatic rings. The molecule has 0 atom stereocenters. The van der Waals surface area contributed by atoms with E-state index in [1.54, 1.807) is 151 Å². The predicted molar refractivity (Wildman–Crippen MR) is 513 cm³/mol. The van der Waals surface area contributed by atoms with Crippen LogP contribution in [0.5, 0.6) is 0 Å². The Morgan fingerprint density at radius 1 is 0.370 bits per heavy atom. The molecule has 135 heavy (non-hydrogen) atoms. The molecule has 2 amide bonds. The molecule has 0 unspecified atom stereocenters. The molecule has 14 heterocycles. The van der Waals surface area contributed by atoms with Gasteiger partial charge >= 0.3 is 0 Å². The number of H-pyrrole nitrogens is 1. The molecule has 0 saturated carbocycles. The Balaban J connectivity index is 0.000000118. The first-order valence-electron chi connectivity index (χ1n) is 40.7. The third-order valence-electron chi connectivity index (χ3n) is 21.5. The van der Waals surface area contributed by atoms with Gasteiger partial charge in [0.05, 0.1) is 102 Å². The number of rotatable bonds is 15. The molecule has 0 aliphatic carbocycles. The van der Waals surface area contributed by atoms with E-state index in [0.29, 0.717) is 93.4 Å². The number of imidazole rings is 2. The Morgan fingerprint density at radius 3 is 1.23 bits per heavy atom. The molecule has 662 valence electrons. The lowest BCUT2D eigenvalue weighted by atomic mass is 9.96. The lowest BCUT2D eigenvalue weighted by Crippen LogP contribution is -2.17. The lowest BCUT2D eigenvalue weighted by Gasteiger charge is -2.12. The van der Waals surface area contributed by atoms with Gasteiger partial charge in [-0.05, 0) is 211 Å². The summed E-state index contributed by atoms with van der Waals surface area (Å²) in [4.78, 5) is 62.9. The van der Waals surface area contributed by atoms with E-state index in [1.165, 1.54) is 71.6 Å². The van der Waals surface area contributed by atoms with E-state index in [1.807, 2.05) is 126 Å². The number of amides is 2. The molecule has 0 saturated heterocycles. The molecule has 7 aromatic carbocycles. The van der Waals surface area contributed by atoms with Crippen LogP contribution in [-0.2, 0) is 7.05 Å².